The number of hydrogen-bond donors (Lipinski definition) is 2. The van der Waals surface area contributed by atoms with Crippen LogP contribution in [0, 0.1) is 11.3 Å². The van der Waals surface area contributed by atoms with Crippen LogP contribution in [0.25, 0.3) is 11.1 Å². The Bertz CT molecular complexity index is 1560. The first-order valence-electron chi connectivity index (χ1n) is 16.9. The molecule has 1 amide bonds. The zero-order valence-corrected chi connectivity index (χ0v) is 29.7. The fourth-order valence-corrected chi connectivity index (χ4v) is 5.88. The quantitative estimate of drug-likeness (QED) is 0.151. The summed E-state index contributed by atoms with van der Waals surface area (Å²) in [4.78, 5) is 52.8. The number of nitrogens with one attached hydrogen (secondary N) is 2. The number of rotatable bonds is 14. The number of carbonyl (C=O) groups is 4. The van der Waals surface area contributed by atoms with Crippen molar-refractivity contribution in [3.63, 3.8) is 0 Å². The van der Waals surface area contributed by atoms with E-state index in [0.29, 0.717) is 0 Å². The number of amides is 1. The Labute approximate surface area is 290 Å². The largest absolute Gasteiger partial charge is 0.464 e. The third kappa shape index (κ3) is 10.5. The highest BCUT2D eigenvalue weighted by atomic mass is 16.6. The summed E-state index contributed by atoms with van der Waals surface area (Å²) < 4.78 is 16.9. The molecule has 0 spiro atoms. The predicted molar refractivity (Wildman–Crippen MR) is 188 cm³/mol. The van der Waals surface area contributed by atoms with Gasteiger partial charge in [-0.05, 0) is 67.3 Å². The summed E-state index contributed by atoms with van der Waals surface area (Å²) >= 11 is 0. The minimum atomic E-state index is -0.816. The van der Waals surface area contributed by atoms with E-state index in [1.807, 2.05) is 87.5 Å². The van der Waals surface area contributed by atoms with Crippen LogP contribution in [0.3, 0.4) is 0 Å². The summed E-state index contributed by atoms with van der Waals surface area (Å²) in [5.74, 6) is -2.77. The van der Waals surface area contributed by atoms with Gasteiger partial charge in [-0.2, -0.15) is 0 Å². The molecule has 9 nitrogen and oxygen atoms in total. The molecule has 0 radical (unpaired) electrons. The van der Waals surface area contributed by atoms with Gasteiger partial charge in [-0.25, -0.2) is 0 Å². The van der Waals surface area contributed by atoms with E-state index in [-0.39, 0.29) is 44.4 Å². The lowest BCUT2D eigenvalue weighted by Crippen LogP contribution is -2.57. The standard InChI is InChI=1S/C40H50N2O7/c1-26(37(45)49-40(5,6)7)42-35(39(2,3)4)36(44)41-23-28(21-22-34(43)47-24-27-15-9-8-10-16-27)38(46)48-25-33-31-19-13-11-17-29(31)30-18-12-14-20-32(30)33/h8-20,26,28,33,35,42H,21-25H2,1-7H3,(H,41,44)/t26-,28-,35?/m0/s1. The Morgan fingerprint density at radius 3 is 1.90 bits per heavy atom. The van der Waals surface area contributed by atoms with Crippen LogP contribution in [-0.2, 0) is 40.0 Å². The third-order valence-corrected chi connectivity index (χ3v) is 8.46. The van der Waals surface area contributed by atoms with E-state index in [2.05, 4.69) is 22.8 Å². The van der Waals surface area contributed by atoms with Crippen LogP contribution < -0.4 is 10.6 Å². The Morgan fingerprint density at radius 1 is 0.755 bits per heavy atom. The molecular weight excluding hydrogens is 620 g/mol. The minimum absolute atomic E-state index is 0.0335. The number of esters is 3. The molecule has 1 aliphatic rings. The van der Waals surface area contributed by atoms with Gasteiger partial charge in [0.1, 0.15) is 24.9 Å². The fourth-order valence-electron chi connectivity index (χ4n) is 5.88. The maximum atomic E-state index is 13.7. The van der Waals surface area contributed by atoms with Crippen LogP contribution in [0.2, 0.25) is 0 Å². The fraction of sp³-hybridized carbons (Fsp3) is 0.450. The highest BCUT2D eigenvalue weighted by Crippen LogP contribution is 2.44. The van der Waals surface area contributed by atoms with Crippen LogP contribution in [-0.4, -0.2) is 54.7 Å². The Balaban J connectivity index is 1.45. The van der Waals surface area contributed by atoms with Gasteiger partial charge in [-0.15, -0.1) is 0 Å². The van der Waals surface area contributed by atoms with E-state index in [4.69, 9.17) is 14.2 Å². The lowest BCUT2D eigenvalue weighted by molar-refractivity contribution is -0.157. The van der Waals surface area contributed by atoms with E-state index in [1.165, 1.54) is 0 Å². The van der Waals surface area contributed by atoms with Crippen molar-refractivity contribution in [1.82, 2.24) is 10.6 Å². The zero-order chi connectivity index (χ0) is 35.8. The molecule has 262 valence electrons. The molecule has 49 heavy (non-hydrogen) atoms. The van der Waals surface area contributed by atoms with Crippen LogP contribution in [0.5, 0.6) is 0 Å². The van der Waals surface area contributed by atoms with Gasteiger partial charge in [0.25, 0.3) is 0 Å². The maximum absolute atomic E-state index is 13.7. The normalized spacial score (nSPS) is 14.5. The van der Waals surface area contributed by atoms with Crippen LogP contribution in [0.4, 0.5) is 0 Å². The topological polar surface area (TPSA) is 120 Å². The summed E-state index contributed by atoms with van der Waals surface area (Å²) in [6.07, 6.45) is 0.0840. The van der Waals surface area contributed by atoms with E-state index >= 15 is 0 Å². The monoisotopic (exact) mass is 670 g/mol. The molecule has 9 heteroatoms. The average molecular weight is 671 g/mol. The second kappa shape index (κ2) is 16.3. The van der Waals surface area contributed by atoms with Crippen molar-refractivity contribution in [3.8, 4) is 11.1 Å². The number of ether oxygens (including phenoxy) is 3. The van der Waals surface area contributed by atoms with Crippen molar-refractivity contribution in [1.29, 1.82) is 0 Å². The van der Waals surface area contributed by atoms with Crippen LogP contribution in [0.15, 0.2) is 78.9 Å². The smallest absolute Gasteiger partial charge is 0.323 e. The molecule has 0 fully saturated rings. The first-order chi connectivity index (χ1) is 23.1. The summed E-state index contributed by atoms with van der Waals surface area (Å²) in [7, 11) is 0. The first-order valence-corrected chi connectivity index (χ1v) is 16.9. The lowest BCUT2D eigenvalue weighted by atomic mass is 9.85. The second-order valence-electron chi connectivity index (χ2n) is 14.7. The molecule has 1 aliphatic carbocycles. The average Bonchev–Trinajstić information content (AvgIpc) is 3.37. The summed E-state index contributed by atoms with van der Waals surface area (Å²) in [5, 5.41) is 6.02. The van der Waals surface area contributed by atoms with Crippen molar-refractivity contribution in [3.05, 3.63) is 95.6 Å². The van der Waals surface area contributed by atoms with Gasteiger partial charge in [0.2, 0.25) is 5.91 Å². The van der Waals surface area contributed by atoms with E-state index in [1.54, 1.807) is 27.7 Å². The zero-order valence-electron chi connectivity index (χ0n) is 29.7. The Morgan fingerprint density at radius 2 is 1.33 bits per heavy atom. The molecule has 0 heterocycles. The molecule has 3 aromatic carbocycles. The van der Waals surface area contributed by atoms with Gasteiger partial charge in [0.15, 0.2) is 0 Å². The molecule has 0 saturated carbocycles. The number of carbonyl (C=O) groups excluding carboxylic acids is 4. The summed E-state index contributed by atoms with van der Waals surface area (Å²) in [6, 6.07) is 24.0. The molecule has 1 unspecified atom stereocenters. The van der Waals surface area contributed by atoms with Gasteiger partial charge in [-0.1, -0.05) is 99.6 Å². The molecule has 4 rings (SSSR count). The van der Waals surface area contributed by atoms with Crippen molar-refractivity contribution >= 4 is 23.8 Å². The van der Waals surface area contributed by atoms with E-state index < -0.39 is 46.9 Å². The van der Waals surface area contributed by atoms with Crippen LogP contribution in [0.1, 0.15) is 83.9 Å². The number of fused-ring (bicyclic) bond motifs is 3. The van der Waals surface area contributed by atoms with Crippen molar-refractivity contribution in [2.24, 2.45) is 11.3 Å². The lowest BCUT2D eigenvalue weighted by Gasteiger charge is -2.33. The van der Waals surface area contributed by atoms with Gasteiger partial charge < -0.3 is 19.5 Å². The van der Waals surface area contributed by atoms with Gasteiger partial charge in [0.05, 0.1) is 12.0 Å². The molecular formula is C40H50N2O7. The van der Waals surface area contributed by atoms with E-state index in [9.17, 15) is 19.2 Å². The van der Waals surface area contributed by atoms with E-state index in [0.717, 1.165) is 27.8 Å². The highest BCUT2D eigenvalue weighted by Gasteiger charge is 2.36. The molecule has 3 atom stereocenters. The Hall–Kier alpha value is -4.50. The second-order valence-corrected chi connectivity index (χ2v) is 14.7. The van der Waals surface area contributed by atoms with Gasteiger partial charge >= 0.3 is 17.9 Å². The molecule has 0 aliphatic heterocycles. The highest BCUT2D eigenvalue weighted by molar-refractivity contribution is 5.85. The van der Waals surface area contributed by atoms with Crippen molar-refractivity contribution in [2.75, 3.05) is 13.2 Å². The number of hydrogen-bond acceptors (Lipinski definition) is 8. The molecule has 0 saturated heterocycles. The third-order valence-electron chi connectivity index (χ3n) is 8.46. The minimum Gasteiger partial charge on any atom is -0.464 e. The SMILES string of the molecule is C[C@H](NC(C(=O)NC[C@H](CCC(=O)OCc1ccccc1)C(=O)OCC1c2ccccc2-c2ccccc21)C(C)(C)C)C(=O)OC(C)(C)C. The molecule has 0 bridgehead atoms. The summed E-state index contributed by atoms with van der Waals surface area (Å²) in [6.45, 7) is 12.9. The maximum Gasteiger partial charge on any atom is 0.323 e. The van der Waals surface area contributed by atoms with Crippen LogP contribution >= 0.6 is 0 Å². The Kier molecular flexibility index (Phi) is 12.4. The van der Waals surface area contributed by atoms with Crippen molar-refractivity contribution < 1.29 is 33.4 Å². The molecule has 3 aromatic rings. The van der Waals surface area contributed by atoms with Crippen molar-refractivity contribution in [2.45, 2.75) is 91.5 Å². The number of benzene rings is 3. The van der Waals surface area contributed by atoms with Gasteiger partial charge in [0, 0.05) is 18.9 Å². The summed E-state index contributed by atoms with van der Waals surface area (Å²) in [5.41, 5.74) is 4.01. The molecule has 2 N–H and O–H groups in total. The first kappa shape index (κ1) is 37.3. The predicted octanol–water partition coefficient (Wildman–Crippen LogP) is 6.33. The molecule has 0 aromatic heterocycles. The van der Waals surface area contributed by atoms with Gasteiger partial charge in [-0.3, -0.25) is 24.5 Å².